The molecule has 29 heavy (non-hydrogen) atoms. The number of amides is 2. The van der Waals surface area contributed by atoms with Gasteiger partial charge in [-0.2, -0.15) is 5.26 Å². The van der Waals surface area contributed by atoms with Crippen molar-refractivity contribution in [3.63, 3.8) is 0 Å². The van der Waals surface area contributed by atoms with Crippen molar-refractivity contribution >= 4 is 23.3 Å². The molecule has 9 nitrogen and oxygen atoms in total. The fourth-order valence-electron chi connectivity index (χ4n) is 2.93. The third-order valence-electron chi connectivity index (χ3n) is 4.82. The van der Waals surface area contributed by atoms with Gasteiger partial charge in [0, 0.05) is 31.8 Å². The Kier molecular flexibility index (Phi) is 5.73. The van der Waals surface area contributed by atoms with Crippen LogP contribution in [0.25, 0.3) is 11.3 Å². The smallest absolute Gasteiger partial charge is 0.244 e. The van der Waals surface area contributed by atoms with Gasteiger partial charge in [0.05, 0.1) is 23.8 Å². The van der Waals surface area contributed by atoms with E-state index >= 15 is 0 Å². The quantitative estimate of drug-likeness (QED) is 0.768. The van der Waals surface area contributed by atoms with E-state index < -0.39 is 6.04 Å². The molecule has 1 saturated carbocycles. The molecule has 9 heteroatoms. The summed E-state index contributed by atoms with van der Waals surface area (Å²) in [4.78, 5) is 38.3. The molecule has 1 fully saturated rings. The summed E-state index contributed by atoms with van der Waals surface area (Å²) in [6.07, 6.45) is 5.45. The van der Waals surface area contributed by atoms with E-state index in [0.29, 0.717) is 28.7 Å². The Labute approximate surface area is 169 Å². The molecule has 0 radical (unpaired) electrons. The summed E-state index contributed by atoms with van der Waals surface area (Å²) < 4.78 is 0. The van der Waals surface area contributed by atoms with Crippen LogP contribution in [0.2, 0.25) is 0 Å². The van der Waals surface area contributed by atoms with Crippen molar-refractivity contribution < 1.29 is 9.59 Å². The van der Waals surface area contributed by atoms with Crippen LogP contribution in [-0.4, -0.2) is 51.8 Å². The van der Waals surface area contributed by atoms with E-state index in [2.05, 4.69) is 25.6 Å². The van der Waals surface area contributed by atoms with Gasteiger partial charge in [-0.1, -0.05) is 6.92 Å². The lowest BCUT2D eigenvalue weighted by molar-refractivity contribution is -0.129. The normalized spacial score (nSPS) is 18.3. The highest BCUT2D eigenvalue weighted by atomic mass is 16.2. The molecular weight excluding hydrogens is 370 g/mol. The molecule has 2 aromatic rings. The number of pyridine rings is 1. The highest BCUT2D eigenvalue weighted by molar-refractivity contribution is 5.93. The fraction of sp³-hybridized carbons (Fsp3) is 0.400. The van der Waals surface area contributed by atoms with Crippen molar-refractivity contribution in [2.24, 2.45) is 11.8 Å². The number of likely N-dealkylation sites (N-methyl/N-ethyl adjacent to an activating group) is 1. The Morgan fingerprint density at radius 2 is 1.97 bits per heavy atom. The molecule has 2 amide bonds. The fourth-order valence-corrected chi connectivity index (χ4v) is 2.93. The first-order chi connectivity index (χ1) is 13.8. The lowest BCUT2D eigenvalue weighted by Gasteiger charge is -2.19. The van der Waals surface area contributed by atoms with Gasteiger partial charge in [0.2, 0.25) is 11.8 Å². The molecule has 150 valence electrons. The molecule has 1 aliphatic rings. The molecule has 3 atom stereocenters. The largest absolute Gasteiger partial charge is 0.372 e. The molecule has 2 N–H and O–H groups in total. The van der Waals surface area contributed by atoms with E-state index in [4.69, 9.17) is 0 Å². The predicted molar refractivity (Wildman–Crippen MR) is 108 cm³/mol. The number of anilines is 2. The Morgan fingerprint density at radius 3 is 2.52 bits per heavy atom. The Morgan fingerprint density at radius 1 is 1.24 bits per heavy atom. The summed E-state index contributed by atoms with van der Waals surface area (Å²) in [5.74, 6) is 0.706. The minimum atomic E-state index is -0.525. The maximum absolute atomic E-state index is 12.1. The highest BCUT2D eigenvalue weighted by Crippen LogP contribution is 2.38. The first-order valence-corrected chi connectivity index (χ1v) is 9.31. The van der Waals surface area contributed by atoms with Gasteiger partial charge in [0.1, 0.15) is 12.1 Å². The van der Waals surface area contributed by atoms with Gasteiger partial charge in [-0.15, -0.1) is 0 Å². The average Bonchev–Trinajstić information content (AvgIpc) is 3.44. The summed E-state index contributed by atoms with van der Waals surface area (Å²) in [5.41, 5.74) is 1.80. The molecule has 2 aromatic heterocycles. The van der Waals surface area contributed by atoms with Gasteiger partial charge < -0.3 is 15.5 Å². The number of hydrogen-bond donors (Lipinski definition) is 2. The van der Waals surface area contributed by atoms with E-state index in [9.17, 15) is 14.9 Å². The zero-order valence-corrected chi connectivity index (χ0v) is 16.8. The topological polar surface area (TPSA) is 124 Å². The second kappa shape index (κ2) is 8.22. The molecule has 0 unspecified atom stereocenters. The number of nitrogens with one attached hydrogen (secondary N) is 2. The number of hydrogen-bond acceptors (Lipinski definition) is 7. The minimum absolute atomic E-state index is 0.0365. The van der Waals surface area contributed by atoms with Crippen molar-refractivity contribution in [2.45, 2.75) is 26.3 Å². The van der Waals surface area contributed by atoms with Gasteiger partial charge in [0.25, 0.3) is 0 Å². The molecule has 0 spiro atoms. The second-order valence-corrected chi connectivity index (χ2v) is 7.43. The first kappa shape index (κ1) is 20.2. The third kappa shape index (κ3) is 4.66. The minimum Gasteiger partial charge on any atom is -0.372 e. The Balaban J connectivity index is 1.77. The molecule has 0 bridgehead atoms. The maximum atomic E-state index is 12.1. The van der Waals surface area contributed by atoms with Gasteiger partial charge in [-0.25, -0.2) is 9.97 Å². The van der Waals surface area contributed by atoms with Crippen LogP contribution in [0.5, 0.6) is 0 Å². The SMILES string of the molecule is C[C@H](Nc1cc(-c2cnc(NC(=O)[C@@H]3C[C@H]3C)cn2)cnc1C#N)C(=O)N(C)C. The molecule has 0 saturated heterocycles. The Bertz CT molecular complexity index is 966. The van der Waals surface area contributed by atoms with Crippen molar-refractivity contribution in [1.29, 1.82) is 5.26 Å². The van der Waals surface area contributed by atoms with E-state index in [1.807, 2.05) is 13.0 Å². The first-order valence-electron chi connectivity index (χ1n) is 9.31. The average molecular weight is 393 g/mol. The molecule has 2 heterocycles. The van der Waals surface area contributed by atoms with Crippen LogP contribution in [0.15, 0.2) is 24.7 Å². The van der Waals surface area contributed by atoms with Crippen LogP contribution >= 0.6 is 0 Å². The van der Waals surface area contributed by atoms with Gasteiger partial charge in [-0.05, 0) is 25.3 Å². The van der Waals surface area contributed by atoms with Crippen molar-refractivity contribution in [2.75, 3.05) is 24.7 Å². The van der Waals surface area contributed by atoms with Crippen molar-refractivity contribution in [1.82, 2.24) is 19.9 Å². The summed E-state index contributed by atoms with van der Waals surface area (Å²) in [6.45, 7) is 3.75. The van der Waals surface area contributed by atoms with Crippen molar-refractivity contribution in [3.8, 4) is 17.3 Å². The Hall–Kier alpha value is -3.54. The lowest BCUT2D eigenvalue weighted by Crippen LogP contribution is -2.36. The number of aromatic nitrogens is 3. The number of nitriles is 1. The zero-order chi connectivity index (χ0) is 21.1. The zero-order valence-electron chi connectivity index (χ0n) is 16.8. The van der Waals surface area contributed by atoms with Crippen LogP contribution in [0.4, 0.5) is 11.5 Å². The van der Waals surface area contributed by atoms with Crippen molar-refractivity contribution in [3.05, 3.63) is 30.4 Å². The summed E-state index contributed by atoms with van der Waals surface area (Å²) >= 11 is 0. The highest BCUT2D eigenvalue weighted by Gasteiger charge is 2.39. The second-order valence-electron chi connectivity index (χ2n) is 7.43. The lowest BCUT2D eigenvalue weighted by atomic mass is 10.1. The molecular formula is C20H23N7O2. The number of nitrogens with zero attached hydrogens (tertiary/aromatic N) is 5. The predicted octanol–water partition coefficient (Wildman–Crippen LogP) is 1.89. The molecule has 0 aliphatic heterocycles. The monoisotopic (exact) mass is 393 g/mol. The van der Waals surface area contributed by atoms with E-state index in [-0.39, 0.29) is 23.4 Å². The van der Waals surface area contributed by atoms with E-state index in [0.717, 1.165) is 6.42 Å². The van der Waals surface area contributed by atoms with Crippen LogP contribution < -0.4 is 10.6 Å². The van der Waals surface area contributed by atoms with Crippen LogP contribution in [-0.2, 0) is 9.59 Å². The third-order valence-corrected chi connectivity index (χ3v) is 4.82. The summed E-state index contributed by atoms with van der Waals surface area (Å²) in [6, 6.07) is 3.20. The molecule has 0 aromatic carbocycles. The molecule has 1 aliphatic carbocycles. The number of carbonyl (C=O) groups is 2. The number of carbonyl (C=O) groups excluding carboxylic acids is 2. The number of rotatable bonds is 6. The summed E-state index contributed by atoms with van der Waals surface area (Å²) in [7, 11) is 3.33. The van der Waals surface area contributed by atoms with Gasteiger partial charge in [-0.3, -0.25) is 14.6 Å². The van der Waals surface area contributed by atoms with Gasteiger partial charge in [0.15, 0.2) is 11.5 Å². The van der Waals surface area contributed by atoms with Crippen LogP contribution in [0.1, 0.15) is 26.0 Å². The van der Waals surface area contributed by atoms with Crippen LogP contribution in [0, 0.1) is 23.2 Å². The maximum Gasteiger partial charge on any atom is 0.244 e. The van der Waals surface area contributed by atoms with Crippen LogP contribution in [0.3, 0.4) is 0 Å². The van der Waals surface area contributed by atoms with Gasteiger partial charge >= 0.3 is 0 Å². The molecule has 3 rings (SSSR count). The standard InChI is InChI=1S/C20H23N7O2/c1-11-5-14(11)19(28)26-18-10-23-17(9-24-18)13-6-15(16(7-21)22-8-13)25-12(2)20(29)27(3)4/h6,8-12,14,25H,5H2,1-4H3,(H,24,26,28)/t11-,12+,14-/m1/s1. The van der Waals surface area contributed by atoms with E-state index in [1.54, 1.807) is 27.1 Å². The summed E-state index contributed by atoms with van der Waals surface area (Å²) in [5, 5.41) is 15.1. The van der Waals surface area contributed by atoms with E-state index in [1.165, 1.54) is 23.5 Å².